The molecule has 0 fully saturated rings. The summed E-state index contributed by atoms with van der Waals surface area (Å²) in [5.74, 6) is 1.23. The van der Waals surface area contributed by atoms with Crippen LogP contribution in [0.15, 0.2) is 103 Å². The van der Waals surface area contributed by atoms with Gasteiger partial charge in [-0.1, -0.05) is 54.6 Å². The van der Waals surface area contributed by atoms with Crippen molar-refractivity contribution in [1.82, 2.24) is 14.1 Å². The van der Waals surface area contributed by atoms with Gasteiger partial charge in [-0.05, 0) is 36.4 Å². The molecule has 146 valence electrons. The fraction of sp³-hybridized carbons (Fsp3) is 0.0370. The molecule has 0 saturated heterocycles. The van der Waals surface area contributed by atoms with Crippen LogP contribution in [0.2, 0.25) is 0 Å². The molecule has 1 aliphatic rings. The third-order valence-corrected chi connectivity index (χ3v) is 6.28. The number of fused-ring (bicyclic) bond motifs is 7. The third kappa shape index (κ3) is 2.19. The van der Waals surface area contributed by atoms with Crippen molar-refractivity contribution in [3.05, 3.63) is 109 Å². The number of hydrogen-bond donors (Lipinski definition) is 0. The van der Waals surface area contributed by atoms with E-state index in [1.165, 1.54) is 33.5 Å². The Hall–Kier alpha value is -4.18. The van der Waals surface area contributed by atoms with Crippen LogP contribution in [0, 0.1) is 0 Å². The van der Waals surface area contributed by atoms with E-state index in [9.17, 15) is 0 Å². The van der Waals surface area contributed by atoms with E-state index in [0.717, 1.165) is 23.4 Å². The number of rotatable bonds is 2. The van der Waals surface area contributed by atoms with Crippen molar-refractivity contribution in [3.8, 4) is 22.8 Å². The summed E-state index contributed by atoms with van der Waals surface area (Å²) in [5.41, 5.74) is 8.49. The van der Waals surface area contributed by atoms with Crippen LogP contribution in [-0.4, -0.2) is 14.1 Å². The van der Waals surface area contributed by atoms with Crippen molar-refractivity contribution in [2.45, 2.75) is 6.54 Å². The lowest BCUT2D eigenvalue weighted by molar-refractivity contribution is -0.645. The van der Waals surface area contributed by atoms with Gasteiger partial charge in [-0.3, -0.25) is 9.55 Å². The maximum Gasteiger partial charge on any atom is 0.297 e. The van der Waals surface area contributed by atoms with Gasteiger partial charge in [0, 0.05) is 17.4 Å². The molecular formula is C27H19N4+. The molecular weight excluding hydrogens is 380 g/mol. The molecule has 0 aliphatic carbocycles. The van der Waals surface area contributed by atoms with E-state index >= 15 is 0 Å². The Labute approximate surface area is 179 Å². The van der Waals surface area contributed by atoms with Crippen molar-refractivity contribution < 1.29 is 4.57 Å². The first-order valence-corrected chi connectivity index (χ1v) is 10.5. The van der Waals surface area contributed by atoms with Crippen molar-refractivity contribution in [2.75, 3.05) is 0 Å². The Morgan fingerprint density at radius 1 is 0.710 bits per heavy atom. The molecule has 3 aromatic heterocycles. The first kappa shape index (κ1) is 16.6. The number of para-hydroxylation sites is 2. The average Bonchev–Trinajstić information content (AvgIpc) is 3.46. The first-order chi connectivity index (χ1) is 15.4. The van der Waals surface area contributed by atoms with Gasteiger partial charge < -0.3 is 0 Å². The van der Waals surface area contributed by atoms with Crippen LogP contribution < -0.4 is 4.57 Å². The van der Waals surface area contributed by atoms with Crippen LogP contribution in [0.5, 0.6) is 0 Å². The highest BCUT2D eigenvalue weighted by Gasteiger charge is 2.38. The van der Waals surface area contributed by atoms with Crippen LogP contribution >= 0.6 is 0 Å². The highest BCUT2D eigenvalue weighted by molar-refractivity contribution is 6.05. The van der Waals surface area contributed by atoms with E-state index in [2.05, 4.69) is 110 Å². The second-order valence-corrected chi connectivity index (χ2v) is 7.97. The standard InChI is InChI=1S/C27H19N4/c1-3-10-20(11-4-1)30-24-17-28-16-15-23(24)25-27(30)31(21-12-5-2-6-13-21)26-22-14-8-7-9-19(22)18-29(25)26/h1-17H,18H2/q+1. The number of hydrogen-bond acceptors (Lipinski definition) is 1. The zero-order chi connectivity index (χ0) is 20.4. The number of benzene rings is 3. The van der Waals surface area contributed by atoms with Gasteiger partial charge >= 0.3 is 0 Å². The normalized spacial score (nSPS) is 12.4. The van der Waals surface area contributed by atoms with Gasteiger partial charge in [0.1, 0.15) is 12.2 Å². The molecule has 0 N–H and O–H groups in total. The predicted molar refractivity (Wildman–Crippen MR) is 123 cm³/mol. The molecule has 0 atom stereocenters. The lowest BCUT2D eigenvalue weighted by Crippen LogP contribution is -2.31. The Morgan fingerprint density at radius 3 is 2.16 bits per heavy atom. The first-order valence-electron chi connectivity index (χ1n) is 10.5. The highest BCUT2D eigenvalue weighted by atomic mass is 15.3. The molecule has 0 spiro atoms. The molecule has 7 rings (SSSR count). The molecule has 3 aromatic carbocycles. The highest BCUT2D eigenvalue weighted by Crippen LogP contribution is 2.39. The molecule has 4 heterocycles. The maximum atomic E-state index is 4.47. The minimum atomic E-state index is 0.873. The minimum Gasteiger partial charge on any atom is -0.271 e. The zero-order valence-electron chi connectivity index (χ0n) is 16.8. The van der Waals surface area contributed by atoms with E-state index in [1.54, 1.807) is 0 Å². The number of imidazole rings is 1. The fourth-order valence-electron chi connectivity index (χ4n) is 5.03. The van der Waals surface area contributed by atoms with Gasteiger partial charge in [-0.2, -0.15) is 4.57 Å². The minimum absolute atomic E-state index is 0.873. The Bertz CT molecular complexity index is 1590. The molecule has 4 heteroatoms. The summed E-state index contributed by atoms with van der Waals surface area (Å²) in [7, 11) is 0. The largest absolute Gasteiger partial charge is 0.297 e. The van der Waals surface area contributed by atoms with Gasteiger partial charge in [0.15, 0.2) is 0 Å². The van der Waals surface area contributed by atoms with Gasteiger partial charge in [0.25, 0.3) is 11.5 Å². The smallest absolute Gasteiger partial charge is 0.271 e. The predicted octanol–water partition coefficient (Wildman–Crippen LogP) is 5.29. The monoisotopic (exact) mass is 399 g/mol. The van der Waals surface area contributed by atoms with E-state index in [1.807, 2.05) is 12.4 Å². The van der Waals surface area contributed by atoms with E-state index in [0.29, 0.717) is 0 Å². The molecule has 0 unspecified atom stereocenters. The van der Waals surface area contributed by atoms with Gasteiger partial charge in [-0.25, -0.2) is 4.57 Å². The van der Waals surface area contributed by atoms with Crippen LogP contribution in [-0.2, 0) is 6.54 Å². The fourth-order valence-corrected chi connectivity index (χ4v) is 5.03. The summed E-state index contributed by atoms with van der Waals surface area (Å²) in [6.45, 7) is 0.873. The topological polar surface area (TPSA) is 26.6 Å². The van der Waals surface area contributed by atoms with Crippen LogP contribution in [0.1, 0.15) is 5.56 Å². The summed E-state index contributed by atoms with van der Waals surface area (Å²) >= 11 is 0. The number of nitrogens with zero attached hydrogens (tertiary/aromatic N) is 4. The summed E-state index contributed by atoms with van der Waals surface area (Å²) in [6, 6.07) is 32.1. The van der Waals surface area contributed by atoms with Crippen molar-refractivity contribution in [3.63, 3.8) is 0 Å². The summed E-state index contributed by atoms with van der Waals surface area (Å²) in [6.07, 6.45) is 3.87. The van der Waals surface area contributed by atoms with Crippen LogP contribution in [0.4, 0.5) is 0 Å². The Morgan fingerprint density at radius 2 is 1.39 bits per heavy atom. The summed E-state index contributed by atoms with van der Waals surface area (Å²) in [4.78, 5) is 4.47. The molecule has 6 aromatic rings. The Kier molecular flexibility index (Phi) is 3.30. The number of pyridine rings is 1. The van der Waals surface area contributed by atoms with E-state index in [4.69, 9.17) is 0 Å². The second-order valence-electron chi connectivity index (χ2n) is 7.97. The zero-order valence-corrected chi connectivity index (χ0v) is 16.8. The van der Waals surface area contributed by atoms with Gasteiger partial charge in [0.05, 0.1) is 22.7 Å². The van der Waals surface area contributed by atoms with Crippen LogP contribution in [0.25, 0.3) is 44.8 Å². The molecule has 0 amide bonds. The van der Waals surface area contributed by atoms with Gasteiger partial charge in [0.2, 0.25) is 5.52 Å². The van der Waals surface area contributed by atoms with Crippen molar-refractivity contribution in [1.29, 1.82) is 0 Å². The third-order valence-electron chi connectivity index (χ3n) is 6.28. The molecule has 1 aliphatic heterocycles. The van der Waals surface area contributed by atoms with E-state index in [-0.39, 0.29) is 0 Å². The summed E-state index contributed by atoms with van der Waals surface area (Å²) < 4.78 is 7.22. The SMILES string of the molecule is c1ccc(-n2c3[n+](c4c5ccncc5n(-c5ccccc5)c42)Cc2ccccc2-3)cc1. The molecule has 4 nitrogen and oxygen atoms in total. The van der Waals surface area contributed by atoms with Crippen molar-refractivity contribution >= 4 is 22.1 Å². The number of aromatic nitrogens is 4. The molecule has 0 bridgehead atoms. The molecule has 0 saturated carbocycles. The Balaban J connectivity index is 1.74. The average molecular weight is 399 g/mol. The lowest BCUT2D eigenvalue weighted by Gasteiger charge is -2.08. The second kappa shape index (κ2) is 6.16. The quantitative estimate of drug-likeness (QED) is 0.363. The molecule has 0 radical (unpaired) electrons. The summed E-state index contributed by atoms with van der Waals surface area (Å²) in [5, 5.41) is 1.22. The molecule has 31 heavy (non-hydrogen) atoms. The van der Waals surface area contributed by atoms with Gasteiger partial charge in [-0.15, -0.1) is 0 Å². The lowest BCUT2D eigenvalue weighted by atomic mass is 10.1. The van der Waals surface area contributed by atoms with Crippen LogP contribution in [0.3, 0.4) is 0 Å². The van der Waals surface area contributed by atoms with Crippen molar-refractivity contribution in [2.24, 2.45) is 0 Å². The maximum absolute atomic E-state index is 4.47. The van der Waals surface area contributed by atoms with E-state index < -0.39 is 0 Å².